The number of hydrogen-bond acceptors (Lipinski definition) is 4. The summed E-state index contributed by atoms with van der Waals surface area (Å²) < 4.78 is 10.8. The standard InChI is InChI=1S/C26H26N2O2/c1-18(22-10-6-8-20-7-4-5-9-23(20)22)27-16-19-11-14-26(30-3)24(15-19)25-13-12-21(29-2)17-28-25/h4-15,17-18,27H,16H2,1-3H3/t18-/m1/s1. The van der Waals surface area contributed by atoms with Crippen molar-refractivity contribution in [1.82, 2.24) is 10.3 Å². The maximum Gasteiger partial charge on any atom is 0.137 e. The van der Waals surface area contributed by atoms with Gasteiger partial charge in [0.05, 0.1) is 26.1 Å². The van der Waals surface area contributed by atoms with Crippen molar-refractivity contribution in [2.75, 3.05) is 14.2 Å². The number of nitrogens with zero attached hydrogens (tertiary/aromatic N) is 1. The maximum absolute atomic E-state index is 5.56. The van der Waals surface area contributed by atoms with E-state index in [1.54, 1.807) is 20.4 Å². The maximum atomic E-state index is 5.56. The lowest BCUT2D eigenvalue weighted by Crippen LogP contribution is -2.18. The van der Waals surface area contributed by atoms with E-state index in [-0.39, 0.29) is 6.04 Å². The highest BCUT2D eigenvalue weighted by molar-refractivity contribution is 5.86. The minimum absolute atomic E-state index is 0.223. The molecule has 0 fully saturated rings. The van der Waals surface area contributed by atoms with Gasteiger partial charge in [-0.25, -0.2) is 0 Å². The summed E-state index contributed by atoms with van der Waals surface area (Å²) in [5.74, 6) is 1.54. The predicted molar refractivity (Wildman–Crippen MR) is 122 cm³/mol. The lowest BCUT2D eigenvalue weighted by Gasteiger charge is -2.17. The highest BCUT2D eigenvalue weighted by atomic mass is 16.5. The molecule has 30 heavy (non-hydrogen) atoms. The Morgan fingerprint density at radius 3 is 2.50 bits per heavy atom. The lowest BCUT2D eigenvalue weighted by atomic mass is 9.99. The number of aromatic nitrogens is 1. The van der Waals surface area contributed by atoms with E-state index in [0.717, 1.165) is 29.3 Å². The average Bonchev–Trinajstić information content (AvgIpc) is 2.82. The lowest BCUT2D eigenvalue weighted by molar-refractivity contribution is 0.412. The second-order valence-electron chi connectivity index (χ2n) is 7.29. The van der Waals surface area contributed by atoms with Crippen LogP contribution in [0, 0.1) is 0 Å². The fraction of sp³-hybridized carbons (Fsp3) is 0.192. The van der Waals surface area contributed by atoms with Crippen LogP contribution >= 0.6 is 0 Å². The van der Waals surface area contributed by atoms with Crippen molar-refractivity contribution in [1.29, 1.82) is 0 Å². The van der Waals surface area contributed by atoms with Gasteiger partial charge in [0.15, 0.2) is 0 Å². The first-order chi connectivity index (χ1) is 14.7. The van der Waals surface area contributed by atoms with Gasteiger partial charge in [-0.2, -0.15) is 0 Å². The number of nitrogens with one attached hydrogen (secondary N) is 1. The fourth-order valence-corrected chi connectivity index (χ4v) is 3.73. The molecule has 0 saturated carbocycles. The van der Waals surface area contributed by atoms with Gasteiger partial charge in [-0.05, 0) is 53.1 Å². The number of benzene rings is 3. The second-order valence-corrected chi connectivity index (χ2v) is 7.29. The summed E-state index contributed by atoms with van der Waals surface area (Å²) in [7, 11) is 3.32. The highest BCUT2D eigenvalue weighted by Crippen LogP contribution is 2.31. The van der Waals surface area contributed by atoms with Crippen LogP contribution in [0.3, 0.4) is 0 Å². The minimum atomic E-state index is 0.223. The number of pyridine rings is 1. The summed E-state index contributed by atoms with van der Waals surface area (Å²) in [5.41, 5.74) is 4.31. The normalized spacial score (nSPS) is 12.0. The molecule has 4 heteroatoms. The van der Waals surface area contributed by atoms with Gasteiger partial charge in [-0.1, -0.05) is 48.5 Å². The molecule has 0 unspecified atom stereocenters. The number of rotatable bonds is 7. The van der Waals surface area contributed by atoms with E-state index < -0.39 is 0 Å². The van der Waals surface area contributed by atoms with Crippen molar-refractivity contribution in [3.05, 3.63) is 90.1 Å². The Labute approximate surface area is 177 Å². The van der Waals surface area contributed by atoms with Crippen LogP contribution in [0.25, 0.3) is 22.0 Å². The molecule has 0 saturated heterocycles. The van der Waals surface area contributed by atoms with Gasteiger partial charge >= 0.3 is 0 Å². The van der Waals surface area contributed by atoms with E-state index >= 15 is 0 Å². The summed E-state index contributed by atoms with van der Waals surface area (Å²) in [6, 6.07) is 25.3. The molecule has 1 atom stereocenters. The molecular formula is C26H26N2O2. The Morgan fingerprint density at radius 2 is 1.73 bits per heavy atom. The number of fused-ring (bicyclic) bond motifs is 1. The SMILES string of the molecule is COc1ccc(-c2cc(CN[C@H](C)c3cccc4ccccc34)ccc2OC)nc1. The van der Waals surface area contributed by atoms with Gasteiger partial charge in [-0.15, -0.1) is 0 Å². The zero-order valence-electron chi connectivity index (χ0n) is 17.6. The van der Waals surface area contributed by atoms with Crippen molar-refractivity contribution >= 4 is 10.8 Å². The van der Waals surface area contributed by atoms with Gasteiger partial charge in [0.25, 0.3) is 0 Å². The van der Waals surface area contributed by atoms with Crippen LogP contribution in [0.5, 0.6) is 11.5 Å². The summed E-state index contributed by atoms with van der Waals surface area (Å²) in [6.07, 6.45) is 1.72. The van der Waals surface area contributed by atoms with E-state index in [0.29, 0.717) is 0 Å². The first kappa shape index (κ1) is 19.9. The van der Waals surface area contributed by atoms with Crippen LogP contribution in [0.2, 0.25) is 0 Å². The largest absolute Gasteiger partial charge is 0.496 e. The smallest absolute Gasteiger partial charge is 0.137 e. The Hall–Kier alpha value is -3.37. The third-order valence-corrected chi connectivity index (χ3v) is 5.41. The monoisotopic (exact) mass is 398 g/mol. The first-order valence-electron chi connectivity index (χ1n) is 10.1. The van der Waals surface area contributed by atoms with Gasteiger partial charge in [-0.3, -0.25) is 4.98 Å². The number of hydrogen-bond donors (Lipinski definition) is 1. The van der Waals surface area contributed by atoms with Crippen molar-refractivity contribution in [3.8, 4) is 22.8 Å². The van der Waals surface area contributed by atoms with E-state index in [9.17, 15) is 0 Å². The molecule has 0 amide bonds. The number of methoxy groups -OCH3 is 2. The van der Waals surface area contributed by atoms with Gasteiger partial charge in [0.1, 0.15) is 11.5 Å². The third kappa shape index (κ3) is 4.14. The molecular weight excluding hydrogens is 372 g/mol. The van der Waals surface area contributed by atoms with Crippen LogP contribution in [-0.2, 0) is 6.54 Å². The van der Waals surface area contributed by atoms with E-state index in [2.05, 4.69) is 71.8 Å². The second kappa shape index (κ2) is 8.97. The summed E-state index contributed by atoms with van der Waals surface area (Å²) in [6.45, 7) is 2.95. The zero-order valence-corrected chi connectivity index (χ0v) is 17.6. The quantitative estimate of drug-likeness (QED) is 0.429. The molecule has 152 valence electrons. The van der Waals surface area contributed by atoms with Crippen LogP contribution in [0.4, 0.5) is 0 Å². The molecule has 4 aromatic rings. The van der Waals surface area contributed by atoms with Crippen LogP contribution in [-0.4, -0.2) is 19.2 Å². The van der Waals surface area contributed by atoms with Crippen LogP contribution in [0.15, 0.2) is 79.0 Å². The topological polar surface area (TPSA) is 43.4 Å². The predicted octanol–water partition coefficient (Wildman–Crippen LogP) is 5.77. The van der Waals surface area contributed by atoms with E-state index in [1.807, 2.05) is 18.2 Å². The summed E-state index contributed by atoms with van der Waals surface area (Å²) in [5, 5.41) is 6.21. The van der Waals surface area contributed by atoms with Gasteiger partial charge in [0.2, 0.25) is 0 Å². The molecule has 1 aromatic heterocycles. The highest BCUT2D eigenvalue weighted by Gasteiger charge is 2.12. The van der Waals surface area contributed by atoms with Crippen LogP contribution < -0.4 is 14.8 Å². The van der Waals surface area contributed by atoms with Gasteiger partial charge < -0.3 is 14.8 Å². The minimum Gasteiger partial charge on any atom is -0.496 e. The Bertz CT molecular complexity index is 1130. The van der Waals surface area contributed by atoms with Crippen LogP contribution in [0.1, 0.15) is 24.1 Å². The van der Waals surface area contributed by atoms with Crippen molar-refractivity contribution in [2.24, 2.45) is 0 Å². The molecule has 0 aliphatic carbocycles. The van der Waals surface area contributed by atoms with E-state index in [1.165, 1.54) is 21.9 Å². The molecule has 0 bridgehead atoms. The van der Waals surface area contributed by atoms with Gasteiger partial charge in [0, 0.05) is 18.2 Å². The van der Waals surface area contributed by atoms with E-state index in [4.69, 9.17) is 9.47 Å². The molecule has 0 radical (unpaired) electrons. The Kier molecular flexibility index (Phi) is 5.96. The third-order valence-electron chi connectivity index (χ3n) is 5.41. The molecule has 0 spiro atoms. The molecule has 0 aliphatic rings. The summed E-state index contributed by atoms with van der Waals surface area (Å²) >= 11 is 0. The molecule has 4 rings (SSSR count). The number of ether oxygens (including phenoxy) is 2. The summed E-state index contributed by atoms with van der Waals surface area (Å²) in [4.78, 5) is 4.52. The zero-order chi connectivity index (χ0) is 20.9. The fourth-order valence-electron chi connectivity index (χ4n) is 3.73. The molecule has 0 aliphatic heterocycles. The van der Waals surface area contributed by atoms with Crippen molar-refractivity contribution in [2.45, 2.75) is 19.5 Å². The van der Waals surface area contributed by atoms with Crippen molar-refractivity contribution < 1.29 is 9.47 Å². The molecule has 4 nitrogen and oxygen atoms in total. The molecule has 1 N–H and O–H groups in total. The average molecular weight is 399 g/mol. The first-order valence-corrected chi connectivity index (χ1v) is 10.1. The molecule has 1 heterocycles. The molecule has 3 aromatic carbocycles. The Balaban J connectivity index is 1.56. The Morgan fingerprint density at radius 1 is 0.900 bits per heavy atom. The van der Waals surface area contributed by atoms with Crippen molar-refractivity contribution in [3.63, 3.8) is 0 Å².